The van der Waals surface area contributed by atoms with E-state index in [2.05, 4.69) is 12.3 Å². The Morgan fingerprint density at radius 1 is 1.67 bits per heavy atom. The van der Waals surface area contributed by atoms with Crippen LogP contribution in [0.2, 0.25) is 0 Å². The van der Waals surface area contributed by atoms with Crippen molar-refractivity contribution in [3.8, 4) is 0 Å². The lowest BCUT2D eigenvalue weighted by atomic mass is 10.3. The number of carbonyl (C=O) groups excluding carboxylic acids is 1. The van der Waals surface area contributed by atoms with Gasteiger partial charge in [-0.2, -0.15) is 11.8 Å². The van der Waals surface area contributed by atoms with Crippen molar-refractivity contribution in [1.82, 2.24) is 5.43 Å². The van der Waals surface area contributed by atoms with Crippen molar-refractivity contribution < 1.29 is 4.79 Å². The van der Waals surface area contributed by atoms with E-state index in [4.69, 9.17) is 11.6 Å². The van der Waals surface area contributed by atoms with Crippen LogP contribution in [-0.4, -0.2) is 23.5 Å². The molecule has 0 aliphatic rings. The number of hydrogen-bond acceptors (Lipinski definition) is 4. The van der Waals surface area contributed by atoms with Crippen molar-refractivity contribution in [3.05, 3.63) is 0 Å². The van der Waals surface area contributed by atoms with E-state index in [1.54, 1.807) is 11.8 Å². The first-order chi connectivity index (χ1) is 5.70. The molecular weight excluding hydrogens is 174 g/mol. The lowest BCUT2D eigenvalue weighted by molar-refractivity contribution is -0.120. The van der Waals surface area contributed by atoms with Crippen molar-refractivity contribution in [2.45, 2.75) is 25.0 Å². The number of nitrogens with two attached hydrogens (primary N) is 2. The van der Waals surface area contributed by atoms with Gasteiger partial charge in [0.2, 0.25) is 5.91 Å². The van der Waals surface area contributed by atoms with E-state index < -0.39 is 0 Å². The van der Waals surface area contributed by atoms with Gasteiger partial charge in [-0.3, -0.25) is 10.2 Å². The third kappa shape index (κ3) is 6.45. The van der Waals surface area contributed by atoms with Crippen molar-refractivity contribution in [1.29, 1.82) is 0 Å². The van der Waals surface area contributed by atoms with Crippen LogP contribution >= 0.6 is 11.8 Å². The number of carbonyl (C=O) groups is 1. The van der Waals surface area contributed by atoms with Gasteiger partial charge in [-0.15, -0.1) is 0 Å². The van der Waals surface area contributed by atoms with E-state index in [0.717, 1.165) is 12.2 Å². The molecular formula is C7H17N3OS. The first kappa shape index (κ1) is 11.7. The molecule has 0 aromatic rings. The van der Waals surface area contributed by atoms with Crippen LogP contribution in [0, 0.1) is 0 Å². The fourth-order valence-corrected chi connectivity index (χ4v) is 1.75. The van der Waals surface area contributed by atoms with Crippen LogP contribution in [-0.2, 0) is 4.79 Å². The summed E-state index contributed by atoms with van der Waals surface area (Å²) in [5, 5.41) is 0.528. The van der Waals surface area contributed by atoms with E-state index in [9.17, 15) is 4.79 Å². The summed E-state index contributed by atoms with van der Waals surface area (Å²) in [6.45, 7) is 2.81. The van der Waals surface area contributed by atoms with E-state index in [0.29, 0.717) is 18.2 Å². The van der Waals surface area contributed by atoms with E-state index in [-0.39, 0.29) is 5.91 Å². The van der Waals surface area contributed by atoms with Gasteiger partial charge in [0.25, 0.3) is 0 Å². The lowest BCUT2D eigenvalue weighted by Crippen LogP contribution is -2.30. The molecule has 1 atom stereocenters. The van der Waals surface area contributed by atoms with E-state index >= 15 is 0 Å². The van der Waals surface area contributed by atoms with Crippen LogP contribution in [0.3, 0.4) is 0 Å². The minimum atomic E-state index is -0.109. The molecule has 0 aliphatic carbocycles. The molecule has 72 valence electrons. The van der Waals surface area contributed by atoms with Gasteiger partial charge < -0.3 is 5.73 Å². The summed E-state index contributed by atoms with van der Waals surface area (Å²) in [7, 11) is 0. The van der Waals surface area contributed by atoms with Crippen molar-refractivity contribution in [2.75, 3.05) is 12.3 Å². The predicted octanol–water partition coefficient (Wildman–Crippen LogP) is -0.163. The molecule has 5 heteroatoms. The summed E-state index contributed by atoms with van der Waals surface area (Å²) in [5.74, 6) is 5.62. The van der Waals surface area contributed by atoms with Gasteiger partial charge in [0, 0.05) is 17.4 Å². The molecule has 0 saturated carbocycles. The van der Waals surface area contributed by atoms with Crippen molar-refractivity contribution >= 4 is 17.7 Å². The number of hydrogen-bond donors (Lipinski definition) is 3. The van der Waals surface area contributed by atoms with Crippen LogP contribution in [0.5, 0.6) is 0 Å². The lowest BCUT2D eigenvalue weighted by Gasteiger charge is -2.08. The second-order valence-corrected chi connectivity index (χ2v) is 4.12. The Morgan fingerprint density at radius 2 is 2.33 bits per heavy atom. The highest BCUT2D eigenvalue weighted by molar-refractivity contribution is 7.99. The minimum absolute atomic E-state index is 0.109. The Hall–Kier alpha value is -0.260. The van der Waals surface area contributed by atoms with Crippen LogP contribution < -0.4 is 17.0 Å². The summed E-state index contributed by atoms with van der Waals surface area (Å²) in [6, 6.07) is 0. The Kier molecular flexibility index (Phi) is 7.23. The first-order valence-electron chi connectivity index (χ1n) is 4.01. The standard InChI is InChI=1S/C7H17N3OS/c1-6(2-4-8)12-5-3-7(11)10-9/h6H,2-5,8-9H2,1H3,(H,10,11). The Bertz CT molecular complexity index is 132. The molecule has 0 rings (SSSR count). The molecule has 0 bridgehead atoms. The third-order valence-electron chi connectivity index (χ3n) is 1.47. The number of nitrogens with one attached hydrogen (secondary N) is 1. The second-order valence-electron chi connectivity index (χ2n) is 2.58. The highest BCUT2D eigenvalue weighted by Crippen LogP contribution is 2.13. The molecule has 0 aromatic carbocycles. The predicted molar refractivity (Wildman–Crippen MR) is 52.5 cm³/mol. The number of amides is 1. The molecule has 0 saturated heterocycles. The zero-order valence-corrected chi connectivity index (χ0v) is 8.19. The summed E-state index contributed by atoms with van der Waals surface area (Å²) < 4.78 is 0. The van der Waals surface area contributed by atoms with E-state index in [1.807, 2.05) is 0 Å². The Morgan fingerprint density at radius 3 is 2.83 bits per heavy atom. The van der Waals surface area contributed by atoms with Gasteiger partial charge in [0.05, 0.1) is 0 Å². The summed E-state index contributed by atoms with van der Waals surface area (Å²) in [5.41, 5.74) is 7.47. The van der Waals surface area contributed by atoms with Gasteiger partial charge in [0.15, 0.2) is 0 Å². The molecule has 1 unspecified atom stereocenters. The fraction of sp³-hybridized carbons (Fsp3) is 0.857. The van der Waals surface area contributed by atoms with Gasteiger partial charge in [0.1, 0.15) is 0 Å². The highest BCUT2D eigenvalue weighted by Gasteiger charge is 2.03. The molecule has 0 heterocycles. The van der Waals surface area contributed by atoms with Crippen LogP contribution in [0.1, 0.15) is 19.8 Å². The molecule has 0 fully saturated rings. The molecule has 0 spiro atoms. The van der Waals surface area contributed by atoms with E-state index in [1.165, 1.54) is 0 Å². The average molecular weight is 191 g/mol. The van der Waals surface area contributed by atoms with Crippen LogP contribution in [0.25, 0.3) is 0 Å². The van der Waals surface area contributed by atoms with Crippen LogP contribution in [0.4, 0.5) is 0 Å². The monoisotopic (exact) mass is 191 g/mol. The molecule has 0 aromatic heterocycles. The van der Waals surface area contributed by atoms with Gasteiger partial charge in [-0.25, -0.2) is 5.84 Å². The average Bonchev–Trinajstić information content (AvgIpc) is 2.04. The Balaban J connectivity index is 3.24. The second kappa shape index (κ2) is 7.39. The largest absolute Gasteiger partial charge is 0.330 e. The molecule has 5 N–H and O–H groups in total. The van der Waals surface area contributed by atoms with Crippen molar-refractivity contribution in [2.24, 2.45) is 11.6 Å². The number of thioether (sulfide) groups is 1. The third-order valence-corrected chi connectivity index (χ3v) is 2.71. The topological polar surface area (TPSA) is 81.1 Å². The molecule has 4 nitrogen and oxygen atoms in total. The van der Waals surface area contributed by atoms with Gasteiger partial charge in [-0.1, -0.05) is 6.92 Å². The quantitative estimate of drug-likeness (QED) is 0.309. The normalized spacial score (nSPS) is 12.6. The maximum absolute atomic E-state index is 10.7. The maximum Gasteiger partial charge on any atom is 0.234 e. The van der Waals surface area contributed by atoms with Crippen LogP contribution in [0.15, 0.2) is 0 Å². The highest BCUT2D eigenvalue weighted by atomic mass is 32.2. The summed E-state index contributed by atoms with van der Waals surface area (Å²) in [6.07, 6.45) is 1.48. The maximum atomic E-state index is 10.7. The van der Waals surface area contributed by atoms with Gasteiger partial charge in [-0.05, 0) is 13.0 Å². The molecule has 0 radical (unpaired) electrons. The SMILES string of the molecule is CC(CCN)SCCC(=O)NN. The number of hydrazine groups is 1. The number of rotatable bonds is 6. The summed E-state index contributed by atoms with van der Waals surface area (Å²) >= 11 is 1.75. The van der Waals surface area contributed by atoms with Gasteiger partial charge >= 0.3 is 0 Å². The zero-order valence-electron chi connectivity index (χ0n) is 7.38. The Labute approximate surface area is 77.4 Å². The minimum Gasteiger partial charge on any atom is -0.330 e. The first-order valence-corrected chi connectivity index (χ1v) is 5.06. The molecule has 12 heavy (non-hydrogen) atoms. The smallest absolute Gasteiger partial charge is 0.234 e. The molecule has 0 aliphatic heterocycles. The fourth-order valence-electron chi connectivity index (χ4n) is 0.743. The zero-order chi connectivity index (χ0) is 9.40. The molecule has 1 amide bonds. The van der Waals surface area contributed by atoms with Crippen molar-refractivity contribution in [3.63, 3.8) is 0 Å². The summed E-state index contributed by atoms with van der Waals surface area (Å²) in [4.78, 5) is 10.7.